The minimum absolute atomic E-state index is 0.0394. The van der Waals surface area contributed by atoms with Crippen molar-refractivity contribution in [2.24, 2.45) is 0 Å². The second kappa shape index (κ2) is 7.13. The summed E-state index contributed by atoms with van der Waals surface area (Å²) < 4.78 is 0. The van der Waals surface area contributed by atoms with Crippen LogP contribution in [0.2, 0.25) is 0 Å². The van der Waals surface area contributed by atoms with Crippen molar-refractivity contribution < 1.29 is 4.79 Å². The first-order valence-corrected chi connectivity index (χ1v) is 8.55. The molecule has 0 aromatic carbocycles. The Labute approximate surface area is 142 Å². The number of H-pyrrole nitrogens is 1. The molecule has 6 nitrogen and oxygen atoms in total. The maximum absolute atomic E-state index is 12.4. The Morgan fingerprint density at radius 1 is 1.33 bits per heavy atom. The highest BCUT2D eigenvalue weighted by molar-refractivity contribution is 5.93. The van der Waals surface area contributed by atoms with E-state index in [1.54, 1.807) is 18.5 Å². The summed E-state index contributed by atoms with van der Waals surface area (Å²) in [7, 11) is 0. The molecule has 0 spiro atoms. The molecular formula is C18H25N5O. The van der Waals surface area contributed by atoms with Crippen molar-refractivity contribution in [2.75, 3.05) is 19.6 Å². The zero-order valence-corrected chi connectivity index (χ0v) is 14.4. The lowest BCUT2D eigenvalue weighted by Gasteiger charge is -2.41. The summed E-state index contributed by atoms with van der Waals surface area (Å²) in [6.45, 7) is 7.21. The average molecular weight is 327 g/mol. The van der Waals surface area contributed by atoms with E-state index in [0.717, 1.165) is 24.3 Å². The Hall–Kier alpha value is -2.21. The standard InChI is InChI=1S/C18H25N5O/c1-18(2,23-9-4-3-5-10-23)13-20-17(24)16-11-15(21-22-16)14-7-6-8-19-12-14/h6-8,11-12H,3-5,9-10,13H2,1-2H3,(H,20,24)(H,21,22). The van der Waals surface area contributed by atoms with Gasteiger partial charge in [-0.2, -0.15) is 5.10 Å². The Kier molecular flexibility index (Phi) is 4.94. The highest BCUT2D eigenvalue weighted by Crippen LogP contribution is 2.20. The number of nitrogens with zero attached hydrogens (tertiary/aromatic N) is 3. The van der Waals surface area contributed by atoms with Gasteiger partial charge in [0.25, 0.3) is 5.91 Å². The molecule has 1 saturated heterocycles. The molecule has 24 heavy (non-hydrogen) atoms. The van der Waals surface area contributed by atoms with Crippen LogP contribution in [0.1, 0.15) is 43.6 Å². The van der Waals surface area contributed by atoms with Crippen LogP contribution in [0.5, 0.6) is 0 Å². The van der Waals surface area contributed by atoms with E-state index in [1.807, 2.05) is 12.1 Å². The smallest absolute Gasteiger partial charge is 0.269 e. The number of likely N-dealkylation sites (tertiary alicyclic amines) is 1. The molecule has 1 fully saturated rings. The summed E-state index contributed by atoms with van der Waals surface area (Å²) in [6.07, 6.45) is 7.24. The number of amides is 1. The minimum atomic E-state index is -0.122. The molecule has 0 unspecified atom stereocenters. The highest BCUT2D eigenvalue weighted by atomic mass is 16.1. The van der Waals surface area contributed by atoms with E-state index in [9.17, 15) is 4.79 Å². The fraction of sp³-hybridized carbons (Fsp3) is 0.500. The van der Waals surface area contributed by atoms with Crippen molar-refractivity contribution in [3.63, 3.8) is 0 Å². The largest absolute Gasteiger partial charge is 0.349 e. The van der Waals surface area contributed by atoms with Crippen molar-refractivity contribution in [3.05, 3.63) is 36.3 Å². The summed E-state index contributed by atoms with van der Waals surface area (Å²) in [6, 6.07) is 5.54. The molecule has 0 aliphatic carbocycles. The van der Waals surface area contributed by atoms with Crippen LogP contribution in [0.4, 0.5) is 0 Å². The lowest BCUT2D eigenvalue weighted by molar-refractivity contribution is 0.0794. The molecule has 3 rings (SSSR count). The van der Waals surface area contributed by atoms with E-state index in [-0.39, 0.29) is 11.4 Å². The zero-order chi connectivity index (χ0) is 17.0. The van der Waals surface area contributed by atoms with Crippen LogP contribution in [0.25, 0.3) is 11.3 Å². The van der Waals surface area contributed by atoms with Crippen LogP contribution in [-0.4, -0.2) is 51.2 Å². The molecule has 0 atom stereocenters. The maximum atomic E-state index is 12.4. The van der Waals surface area contributed by atoms with Gasteiger partial charge in [0.2, 0.25) is 0 Å². The van der Waals surface area contributed by atoms with Gasteiger partial charge < -0.3 is 5.32 Å². The second-order valence-corrected chi connectivity index (χ2v) is 6.95. The van der Waals surface area contributed by atoms with E-state index in [4.69, 9.17) is 0 Å². The fourth-order valence-electron chi connectivity index (χ4n) is 3.10. The lowest BCUT2D eigenvalue weighted by Crippen LogP contribution is -2.53. The van der Waals surface area contributed by atoms with Gasteiger partial charge in [0, 0.05) is 30.0 Å². The van der Waals surface area contributed by atoms with Crippen molar-refractivity contribution in [1.82, 2.24) is 25.4 Å². The number of hydrogen-bond acceptors (Lipinski definition) is 4. The molecule has 0 saturated carbocycles. The number of rotatable bonds is 5. The van der Waals surface area contributed by atoms with Crippen molar-refractivity contribution in [2.45, 2.75) is 38.6 Å². The normalized spacial score (nSPS) is 16.1. The molecule has 1 aliphatic heterocycles. The molecule has 128 valence electrons. The third-order valence-corrected chi connectivity index (χ3v) is 4.67. The van der Waals surface area contributed by atoms with Gasteiger partial charge in [0.05, 0.1) is 5.69 Å². The molecule has 6 heteroatoms. The van der Waals surface area contributed by atoms with Gasteiger partial charge in [-0.05, 0) is 58.0 Å². The lowest BCUT2D eigenvalue weighted by atomic mass is 9.98. The second-order valence-electron chi connectivity index (χ2n) is 6.95. The first-order chi connectivity index (χ1) is 11.6. The van der Waals surface area contributed by atoms with Crippen molar-refractivity contribution in [1.29, 1.82) is 0 Å². The van der Waals surface area contributed by atoms with Gasteiger partial charge in [0.15, 0.2) is 0 Å². The van der Waals surface area contributed by atoms with E-state index in [0.29, 0.717) is 12.2 Å². The van der Waals surface area contributed by atoms with Gasteiger partial charge in [-0.15, -0.1) is 0 Å². The van der Waals surface area contributed by atoms with Gasteiger partial charge in [-0.1, -0.05) is 6.42 Å². The van der Waals surface area contributed by atoms with E-state index >= 15 is 0 Å². The number of carbonyl (C=O) groups excluding carboxylic acids is 1. The molecule has 0 bridgehead atoms. The van der Waals surface area contributed by atoms with Gasteiger partial charge in [-0.3, -0.25) is 19.8 Å². The first-order valence-electron chi connectivity index (χ1n) is 8.55. The van der Waals surface area contributed by atoms with Gasteiger partial charge in [-0.25, -0.2) is 0 Å². The van der Waals surface area contributed by atoms with E-state index in [1.165, 1.54) is 19.3 Å². The van der Waals surface area contributed by atoms with Gasteiger partial charge >= 0.3 is 0 Å². The predicted molar refractivity (Wildman–Crippen MR) is 93.7 cm³/mol. The van der Waals surface area contributed by atoms with Crippen LogP contribution in [-0.2, 0) is 0 Å². The number of aromatic nitrogens is 3. The highest BCUT2D eigenvalue weighted by Gasteiger charge is 2.28. The quantitative estimate of drug-likeness (QED) is 0.885. The zero-order valence-electron chi connectivity index (χ0n) is 14.4. The number of carbonyl (C=O) groups is 1. The van der Waals surface area contributed by atoms with Crippen LogP contribution in [0.15, 0.2) is 30.6 Å². The Bertz CT molecular complexity index is 674. The monoisotopic (exact) mass is 327 g/mol. The Morgan fingerprint density at radius 3 is 2.83 bits per heavy atom. The third kappa shape index (κ3) is 3.82. The Morgan fingerprint density at radius 2 is 2.12 bits per heavy atom. The average Bonchev–Trinajstić information content (AvgIpc) is 3.11. The molecule has 2 aromatic heterocycles. The molecule has 2 N–H and O–H groups in total. The summed E-state index contributed by atoms with van der Waals surface area (Å²) in [5.41, 5.74) is 2.05. The summed E-state index contributed by atoms with van der Waals surface area (Å²) >= 11 is 0. The summed E-state index contributed by atoms with van der Waals surface area (Å²) in [5.74, 6) is -0.122. The first kappa shape index (κ1) is 16.6. The van der Waals surface area contributed by atoms with Crippen LogP contribution in [0.3, 0.4) is 0 Å². The molecule has 2 aromatic rings. The number of nitrogens with one attached hydrogen (secondary N) is 2. The SMILES string of the molecule is CC(C)(CNC(=O)c1cc(-c2cccnc2)n[nH]1)N1CCCCC1. The number of pyridine rings is 1. The van der Waals surface area contributed by atoms with Crippen LogP contribution in [0, 0.1) is 0 Å². The number of aromatic amines is 1. The predicted octanol–water partition coefficient (Wildman–Crippen LogP) is 2.47. The molecule has 0 radical (unpaired) electrons. The van der Waals surface area contributed by atoms with Crippen molar-refractivity contribution >= 4 is 5.91 Å². The molecule has 3 heterocycles. The maximum Gasteiger partial charge on any atom is 0.269 e. The fourth-order valence-corrected chi connectivity index (χ4v) is 3.10. The minimum Gasteiger partial charge on any atom is -0.349 e. The third-order valence-electron chi connectivity index (χ3n) is 4.67. The molecule has 1 aliphatic rings. The van der Waals surface area contributed by atoms with Gasteiger partial charge in [0.1, 0.15) is 5.69 Å². The summed E-state index contributed by atoms with van der Waals surface area (Å²) in [4.78, 5) is 18.9. The Balaban J connectivity index is 1.60. The van der Waals surface area contributed by atoms with Crippen molar-refractivity contribution in [3.8, 4) is 11.3 Å². The number of piperidine rings is 1. The van der Waals surface area contributed by atoms with Crippen LogP contribution < -0.4 is 5.32 Å². The molecular weight excluding hydrogens is 302 g/mol. The van der Waals surface area contributed by atoms with E-state index in [2.05, 4.69) is 39.2 Å². The van der Waals surface area contributed by atoms with Crippen LogP contribution >= 0.6 is 0 Å². The summed E-state index contributed by atoms with van der Waals surface area (Å²) in [5, 5.41) is 10.1. The van der Waals surface area contributed by atoms with E-state index < -0.39 is 0 Å². The molecule has 1 amide bonds. The topological polar surface area (TPSA) is 73.9 Å². The number of hydrogen-bond donors (Lipinski definition) is 2.